The molecule has 1 aromatic carbocycles. The van der Waals surface area contributed by atoms with Gasteiger partial charge in [-0.15, -0.1) is 0 Å². The van der Waals surface area contributed by atoms with Gasteiger partial charge in [-0.05, 0) is 24.6 Å². The van der Waals surface area contributed by atoms with E-state index in [1.165, 1.54) is 22.0 Å². The first-order valence-electron chi connectivity index (χ1n) is 7.93. The molecule has 21 heavy (non-hydrogen) atoms. The maximum absolute atomic E-state index is 5.97. The van der Waals surface area contributed by atoms with Crippen LogP contribution in [-0.2, 0) is 13.0 Å². The van der Waals surface area contributed by atoms with E-state index in [0.29, 0.717) is 6.04 Å². The van der Waals surface area contributed by atoms with Crippen LogP contribution < -0.4 is 5.73 Å². The van der Waals surface area contributed by atoms with Crippen LogP contribution in [0, 0.1) is 0 Å². The van der Waals surface area contributed by atoms with Gasteiger partial charge in [0.05, 0.1) is 0 Å². The Kier molecular flexibility index (Phi) is 4.29. The molecule has 3 N–H and O–H groups in total. The highest BCUT2D eigenvalue weighted by molar-refractivity contribution is 5.86. The van der Waals surface area contributed by atoms with Crippen molar-refractivity contribution in [2.24, 2.45) is 5.73 Å². The van der Waals surface area contributed by atoms with Gasteiger partial charge in [-0.3, -0.25) is 4.90 Å². The van der Waals surface area contributed by atoms with Crippen LogP contribution in [0.1, 0.15) is 18.1 Å². The number of fused-ring (bicyclic) bond motifs is 1. The first kappa shape index (κ1) is 14.6. The summed E-state index contributed by atoms with van der Waals surface area (Å²) in [6.45, 7) is 7.21. The summed E-state index contributed by atoms with van der Waals surface area (Å²) in [4.78, 5) is 8.37. The maximum Gasteiger partial charge on any atom is 0.0489 e. The van der Waals surface area contributed by atoms with Crippen molar-refractivity contribution in [2.75, 3.05) is 33.2 Å². The van der Waals surface area contributed by atoms with Crippen LogP contribution in [0.15, 0.2) is 24.4 Å². The molecular formula is C17H26N4. The van der Waals surface area contributed by atoms with E-state index in [1.807, 2.05) is 0 Å². The van der Waals surface area contributed by atoms with Crippen molar-refractivity contribution in [3.05, 3.63) is 35.5 Å². The van der Waals surface area contributed by atoms with Gasteiger partial charge in [0.2, 0.25) is 0 Å². The van der Waals surface area contributed by atoms with Gasteiger partial charge in [0, 0.05) is 55.9 Å². The summed E-state index contributed by atoms with van der Waals surface area (Å²) in [5.41, 5.74) is 10.1. The van der Waals surface area contributed by atoms with Gasteiger partial charge in [-0.25, -0.2) is 0 Å². The molecule has 0 amide bonds. The van der Waals surface area contributed by atoms with Crippen molar-refractivity contribution in [2.45, 2.75) is 25.9 Å². The number of benzene rings is 1. The Morgan fingerprint density at radius 2 is 2.14 bits per heavy atom. The topological polar surface area (TPSA) is 48.3 Å². The van der Waals surface area contributed by atoms with E-state index in [4.69, 9.17) is 5.73 Å². The number of nitrogens with two attached hydrogens (primary N) is 1. The third-order valence-electron chi connectivity index (χ3n) is 4.72. The van der Waals surface area contributed by atoms with Crippen LogP contribution in [-0.4, -0.2) is 54.1 Å². The second-order valence-corrected chi connectivity index (χ2v) is 6.13. The normalized spacial score (nSPS) is 21.2. The Hall–Kier alpha value is -1.36. The van der Waals surface area contributed by atoms with Crippen LogP contribution in [0.4, 0.5) is 0 Å². The number of aromatic nitrogens is 1. The molecule has 114 valence electrons. The predicted molar refractivity (Wildman–Crippen MR) is 88.4 cm³/mol. The van der Waals surface area contributed by atoms with Crippen molar-refractivity contribution in [3.63, 3.8) is 0 Å². The second-order valence-electron chi connectivity index (χ2n) is 6.13. The first-order chi connectivity index (χ1) is 10.2. The van der Waals surface area contributed by atoms with Gasteiger partial charge in [0.1, 0.15) is 0 Å². The molecule has 2 aromatic rings. The Labute approximate surface area is 126 Å². The average molecular weight is 286 g/mol. The molecule has 3 rings (SSSR count). The second kappa shape index (κ2) is 6.18. The van der Waals surface area contributed by atoms with E-state index in [0.717, 1.165) is 39.1 Å². The first-order valence-corrected chi connectivity index (χ1v) is 7.93. The molecule has 1 fully saturated rings. The Bertz CT molecular complexity index is 604. The lowest BCUT2D eigenvalue weighted by atomic mass is 10.1. The molecule has 1 unspecified atom stereocenters. The van der Waals surface area contributed by atoms with Crippen molar-refractivity contribution in [1.82, 2.24) is 14.8 Å². The van der Waals surface area contributed by atoms with E-state index in [9.17, 15) is 0 Å². The Morgan fingerprint density at radius 3 is 2.90 bits per heavy atom. The van der Waals surface area contributed by atoms with E-state index in [2.05, 4.69) is 53.2 Å². The zero-order valence-electron chi connectivity index (χ0n) is 13.1. The summed E-state index contributed by atoms with van der Waals surface area (Å²) in [7, 11) is 2.18. The van der Waals surface area contributed by atoms with Crippen molar-refractivity contribution >= 4 is 10.9 Å². The summed E-state index contributed by atoms with van der Waals surface area (Å²) >= 11 is 0. The van der Waals surface area contributed by atoms with E-state index >= 15 is 0 Å². The molecule has 4 nitrogen and oxygen atoms in total. The van der Waals surface area contributed by atoms with Gasteiger partial charge in [0.25, 0.3) is 0 Å². The Balaban J connectivity index is 1.84. The van der Waals surface area contributed by atoms with Gasteiger partial charge >= 0.3 is 0 Å². The minimum absolute atomic E-state index is 0.461. The van der Waals surface area contributed by atoms with Crippen molar-refractivity contribution in [1.29, 1.82) is 0 Å². The zero-order chi connectivity index (χ0) is 14.8. The summed E-state index contributed by atoms with van der Waals surface area (Å²) in [5.74, 6) is 0. The Morgan fingerprint density at radius 1 is 1.29 bits per heavy atom. The smallest absolute Gasteiger partial charge is 0.0489 e. The summed E-state index contributed by atoms with van der Waals surface area (Å²) in [6.07, 6.45) is 3.24. The quantitative estimate of drug-likeness (QED) is 0.901. The average Bonchev–Trinajstić information content (AvgIpc) is 2.92. The number of aromatic amines is 1. The molecule has 0 radical (unpaired) electrons. The third-order valence-corrected chi connectivity index (χ3v) is 4.72. The number of hydrogen-bond donors (Lipinski definition) is 2. The fourth-order valence-corrected chi connectivity index (χ4v) is 3.40. The van der Waals surface area contributed by atoms with Gasteiger partial charge in [0.15, 0.2) is 0 Å². The molecule has 1 atom stereocenters. The predicted octanol–water partition coefficient (Wildman–Crippen LogP) is 1.80. The third kappa shape index (κ3) is 2.84. The summed E-state index contributed by atoms with van der Waals surface area (Å²) < 4.78 is 0. The maximum atomic E-state index is 5.97. The minimum atomic E-state index is 0.461. The standard InChI is InChI=1S/C17H26N4/c1-3-13-5-4-6-16-14(10-19-17(13)16)11-21-8-7-20(2)12-15(21)9-18/h4-6,10,15,19H,3,7-9,11-12,18H2,1-2H3. The SMILES string of the molecule is CCc1cccc2c(CN3CCN(C)CC3CN)c[nH]c12. The minimum Gasteiger partial charge on any atom is -0.361 e. The van der Waals surface area contributed by atoms with Gasteiger partial charge in [-0.2, -0.15) is 0 Å². The van der Waals surface area contributed by atoms with Crippen molar-refractivity contribution in [3.8, 4) is 0 Å². The number of para-hydroxylation sites is 1. The fourth-order valence-electron chi connectivity index (χ4n) is 3.40. The van der Waals surface area contributed by atoms with E-state index in [-0.39, 0.29) is 0 Å². The summed E-state index contributed by atoms with van der Waals surface area (Å²) in [5, 5.41) is 1.36. The van der Waals surface area contributed by atoms with Crippen LogP contribution in [0.25, 0.3) is 10.9 Å². The number of hydrogen-bond acceptors (Lipinski definition) is 3. The molecule has 0 saturated carbocycles. The number of likely N-dealkylation sites (N-methyl/N-ethyl adjacent to an activating group) is 1. The highest BCUT2D eigenvalue weighted by Crippen LogP contribution is 2.24. The number of rotatable bonds is 4. The number of piperazine rings is 1. The molecule has 2 heterocycles. The summed E-state index contributed by atoms with van der Waals surface area (Å²) in [6, 6.07) is 7.07. The molecule has 4 heteroatoms. The molecule has 1 aliphatic heterocycles. The highest BCUT2D eigenvalue weighted by Gasteiger charge is 2.24. The molecule has 0 bridgehead atoms. The van der Waals surface area contributed by atoms with Crippen LogP contribution in [0.2, 0.25) is 0 Å². The molecule has 0 spiro atoms. The molecule has 1 saturated heterocycles. The number of nitrogens with one attached hydrogen (secondary N) is 1. The molecular weight excluding hydrogens is 260 g/mol. The van der Waals surface area contributed by atoms with E-state index in [1.54, 1.807) is 0 Å². The fraction of sp³-hybridized carbons (Fsp3) is 0.529. The van der Waals surface area contributed by atoms with Crippen LogP contribution in [0.3, 0.4) is 0 Å². The number of nitrogens with zero attached hydrogens (tertiary/aromatic N) is 2. The van der Waals surface area contributed by atoms with Gasteiger partial charge < -0.3 is 15.6 Å². The molecule has 1 aliphatic rings. The lowest BCUT2D eigenvalue weighted by Crippen LogP contribution is -2.54. The van der Waals surface area contributed by atoms with Crippen molar-refractivity contribution < 1.29 is 0 Å². The highest BCUT2D eigenvalue weighted by atomic mass is 15.3. The monoisotopic (exact) mass is 286 g/mol. The molecule has 1 aromatic heterocycles. The zero-order valence-corrected chi connectivity index (χ0v) is 13.1. The van der Waals surface area contributed by atoms with E-state index < -0.39 is 0 Å². The number of aryl methyl sites for hydroxylation is 1. The van der Waals surface area contributed by atoms with Crippen LogP contribution >= 0.6 is 0 Å². The van der Waals surface area contributed by atoms with Crippen LogP contribution in [0.5, 0.6) is 0 Å². The lowest BCUT2D eigenvalue weighted by molar-refractivity contribution is 0.0884. The number of H-pyrrole nitrogens is 1. The lowest BCUT2D eigenvalue weighted by Gasteiger charge is -2.39. The molecule has 0 aliphatic carbocycles. The van der Waals surface area contributed by atoms with Gasteiger partial charge in [-0.1, -0.05) is 25.1 Å². The largest absolute Gasteiger partial charge is 0.361 e.